The van der Waals surface area contributed by atoms with Crippen molar-refractivity contribution in [3.63, 3.8) is 0 Å². The lowest BCUT2D eigenvalue weighted by Gasteiger charge is -2.20. The highest BCUT2D eigenvalue weighted by atomic mass is 16.5. The van der Waals surface area contributed by atoms with Gasteiger partial charge in [0.1, 0.15) is 5.82 Å². The van der Waals surface area contributed by atoms with Gasteiger partial charge in [-0.25, -0.2) is 9.78 Å². The Hall–Kier alpha value is -2.89. The lowest BCUT2D eigenvalue weighted by molar-refractivity contribution is 0.0600. The number of nitrogens with zero attached hydrogens (tertiary/aromatic N) is 2. The highest BCUT2D eigenvalue weighted by Crippen LogP contribution is 2.16. The molecule has 0 fully saturated rings. The van der Waals surface area contributed by atoms with E-state index < -0.39 is 5.97 Å². The molecule has 0 saturated carbocycles. The van der Waals surface area contributed by atoms with Gasteiger partial charge in [0.25, 0.3) is 5.91 Å². The van der Waals surface area contributed by atoms with Crippen molar-refractivity contribution in [2.24, 2.45) is 0 Å². The van der Waals surface area contributed by atoms with Crippen LogP contribution in [0.15, 0.2) is 42.6 Å². The van der Waals surface area contributed by atoms with E-state index in [1.807, 2.05) is 13.8 Å². The number of esters is 1. The summed E-state index contributed by atoms with van der Waals surface area (Å²) in [5.74, 6) is 0.0580. The largest absolute Gasteiger partial charge is 0.465 e. The number of hydrogen-bond acceptors (Lipinski definition) is 5. The molecule has 0 atom stereocenters. The summed E-state index contributed by atoms with van der Waals surface area (Å²) in [5.41, 5.74) is 1.42. The lowest BCUT2D eigenvalue weighted by Crippen LogP contribution is -2.23. The van der Waals surface area contributed by atoms with Gasteiger partial charge in [-0.3, -0.25) is 4.79 Å². The summed E-state index contributed by atoms with van der Waals surface area (Å²) in [4.78, 5) is 30.4. The molecule has 1 N–H and O–H groups in total. The van der Waals surface area contributed by atoms with Crippen molar-refractivity contribution in [2.75, 3.05) is 30.4 Å². The SMILES string of the molecule is CCN(CC)c1cc(C(=O)Nc2cccc(C(=O)OC)c2)ccn1. The van der Waals surface area contributed by atoms with Gasteiger partial charge in [-0.15, -0.1) is 0 Å². The van der Waals surface area contributed by atoms with Gasteiger partial charge >= 0.3 is 5.97 Å². The number of amides is 1. The maximum atomic E-state index is 12.4. The Bertz CT molecular complexity index is 727. The predicted octanol–water partition coefficient (Wildman–Crippen LogP) is 2.97. The number of carbonyl (C=O) groups excluding carboxylic acids is 2. The average Bonchev–Trinajstić information content (AvgIpc) is 2.62. The van der Waals surface area contributed by atoms with Crippen LogP contribution in [0.25, 0.3) is 0 Å². The molecule has 0 aliphatic heterocycles. The number of hydrogen-bond donors (Lipinski definition) is 1. The Balaban J connectivity index is 2.18. The second-order valence-electron chi connectivity index (χ2n) is 5.10. The summed E-state index contributed by atoms with van der Waals surface area (Å²) in [6, 6.07) is 10.0. The Morgan fingerprint density at radius 2 is 1.88 bits per heavy atom. The summed E-state index contributed by atoms with van der Waals surface area (Å²) in [6.45, 7) is 5.71. The molecule has 6 nitrogen and oxygen atoms in total. The molecule has 2 rings (SSSR count). The van der Waals surface area contributed by atoms with Gasteiger partial charge in [0.15, 0.2) is 0 Å². The molecule has 24 heavy (non-hydrogen) atoms. The first-order valence-corrected chi connectivity index (χ1v) is 7.79. The molecule has 0 saturated heterocycles. The van der Waals surface area contributed by atoms with Crippen LogP contribution in [0.2, 0.25) is 0 Å². The van der Waals surface area contributed by atoms with Crippen LogP contribution in [0.5, 0.6) is 0 Å². The van der Waals surface area contributed by atoms with Crippen LogP contribution < -0.4 is 10.2 Å². The Labute approximate surface area is 141 Å². The topological polar surface area (TPSA) is 71.5 Å². The van der Waals surface area contributed by atoms with Crippen molar-refractivity contribution in [1.82, 2.24) is 4.98 Å². The molecule has 0 aliphatic rings. The van der Waals surface area contributed by atoms with E-state index in [4.69, 9.17) is 0 Å². The first-order valence-electron chi connectivity index (χ1n) is 7.79. The summed E-state index contributed by atoms with van der Waals surface area (Å²) in [6.07, 6.45) is 1.62. The average molecular weight is 327 g/mol. The van der Waals surface area contributed by atoms with Gasteiger partial charge in [0.05, 0.1) is 12.7 Å². The molecule has 1 aromatic carbocycles. The summed E-state index contributed by atoms with van der Waals surface area (Å²) in [5, 5.41) is 2.79. The number of aromatic nitrogens is 1. The third-order valence-electron chi connectivity index (χ3n) is 3.64. The minimum atomic E-state index is -0.446. The molecule has 0 spiro atoms. The monoisotopic (exact) mass is 327 g/mol. The van der Waals surface area contributed by atoms with E-state index in [-0.39, 0.29) is 5.91 Å². The molecule has 2 aromatic rings. The predicted molar refractivity (Wildman–Crippen MR) is 93.5 cm³/mol. The minimum Gasteiger partial charge on any atom is -0.465 e. The number of rotatable bonds is 6. The van der Waals surface area contributed by atoms with Crippen molar-refractivity contribution in [2.45, 2.75) is 13.8 Å². The van der Waals surface area contributed by atoms with Gasteiger partial charge in [-0.05, 0) is 44.2 Å². The van der Waals surface area contributed by atoms with E-state index in [1.54, 1.807) is 42.6 Å². The molecule has 6 heteroatoms. The molecule has 126 valence electrons. The van der Waals surface area contributed by atoms with Crippen molar-refractivity contribution >= 4 is 23.4 Å². The van der Waals surface area contributed by atoms with Gasteiger partial charge < -0.3 is 15.0 Å². The van der Waals surface area contributed by atoms with E-state index in [1.165, 1.54) is 7.11 Å². The fraction of sp³-hybridized carbons (Fsp3) is 0.278. The van der Waals surface area contributed by atoms with Crippen molar-refractivity contribution in [1.29, 1.82) is 0 Å². The van der Waals surface area contributed by atoms with E-state index in [0.29, 0.717) is 16.8 Å². The molecule has 0 aliphatic carbocycles. The number of pyridine rings is 1. The number of benzene rings is 1. The lowest BCUT2D eigenvalue weighted by atomic mass is 10.2. The van der Waals surface area contributed by atoms with Crippen molar-refractivity contribution in [3.8, 4) is 0 Å². The Kier molecular flexibility index (Phi) is 5.89. The molecular formula is C18H21N3O3. The third-order valence-corrected chi connectivity index (χ3v) is 3.64. The Morgan fingerprint density at radius 1 is 1.12 bits per heavy atom. The van der Waals surface area contributed by atoms with E-state index in [0.717, 1.165) is 18.9 Å². The van der Waals surface area contributed by atoms with Gasteiger partial charge in [0.2, 0.25) is 0 Å². The van der Waals surface area contributed by atoms with E-state index >= 15 is 0 Å². The van der Waals surface area contributed by atoms with E-state index in [2.05, 4.69) is 19.9 Å². The van der Waals surface area contributed by atoms with Crippen molar-refractivity contribution < 1.29 is 14.3 Å². The quantitative estimate of drug-likeness (QED) is 0.826. The molecule has 1 aromatic heterocycles. The highest BCUT2D eigenvalue weighted by Gasteiger charge is 2.11. The summed E-state index contributed by atoms with van der Waals surface area (Å²) < 4.78 is 4.68. The fourth-order valence-electron chi connectivity index (χ4n) is 2.33. The highest BCUT2D eigenvalue weighted by molar-refractivity contribution is 6.05. The van der Waals surface area contributed by atoms with Crippen molar-refractivity contribution in [3.05, 3.63) is 53.7 Å². The minimum absolute atomic E-state index is 0.257. The summed E-state index contributed by atoms with van der Waals surface area (Å²) >= 11 is 0. The van der Waals surface area contributed by atoms with Crippen LogP contribution in [-0.2, 0) is 4.74 Å². The van der Waals surface area contributed by atoms with Crippen LogP contribution in [0, 0.1) is 0 Å². The first-order chi connectivity index (χ1) is 11.6. The Morgan fingerprint density at radius 3 is 2.54 bits per heavy atom. The number of ether oxygens (including phenoxy) is 1. The standard InChI is InChI=1S/C18H21N3O3/c1-4-21(5-2)16-12-13(9-10-19-16)17(22)20-15-8-6-7-14(11-15)18(23)24-3/h6-12H,4-5H2,1-3H3,(H,20,22). The fourth-order valence-corrected chi connectivity index (χ4v) is 2.33. The second kappa shape index (κ2) is 8.10. The zero-order valence-corrected chi connectivity index (χ0v) is 14.1. The maximum Gasteiger partial charge on any atom is 0.337 e. The zero-order chi connectivity index (χ0) is 17.5. The first kappa shape index (κ1) is 17.5. The molecule has 0 radical (unpaired) electrons. The molecular weight excluding hydrogens is 306 g/mol. The van der Waals surface area contributed by atoms with Gasteiger partial charge in [0, 0.05) is 30.5 Å². The normalized spacial score (nSPS) is 10.1. The van der Waals surface area contributed by atoms with Crippen LogP contribution >= 0.6 is 0 Å². The number of methoxy groups -OCH3 is 1. The summed E-state index contributed by atoms with van der Waals surface area (Å²) in [7, 11) is 1.32. The van der Waals surface area contributed by atoms with Gasteiger partial charge in [-0.2, -0.15) is 0 Å². The van der Waals surface area contributed by atoms with Crippen LogP contribution in [0.3, 0.4) is 0 Å². The smallest absolute Gasteiger partial charge is 0.337 e. The van der Waals surface area contributed by atoms with Crippen LogP contribution in [0.4, 0.5) is 11.5 Å². The van der Waals surface area contributed by atoms with Gasteiger partial charge in [-0.1, -0.05) is 6.07 Å². The second-order valence-corrected chi connectivity index (χ2v) is 5.10. The van der Waals surface area contributed by atoms with Crippen LogP contribution in [-0.4, -0.2) is 37.1 Å². The molecule has 0 bridgehead atoms. The zero-order valence-electron chi connectivity index (χ0n) is 14.1. The number of anilines is 2. The molecule has 1 amide bonds. The third kappa shape index (κ3) is 4.10. The molecule has 0 unspecified atom stereocenters. The molecule has 1 heterocycles. The number of nitrogens with one attached hydrogen (secondary N) is 1. The maximum absolute atomic E-state index is 12.4. The van der Waals surface area contributed by atoms with Crippen LogP contribution in [0.1, 0.15) is 34.6 Å². The number of carbonyl (C=O) groups is 2. The van der Waals surface area contributed by atoms with E-state index in [9.17, 15) is 9.59 Å².